The molecule has 0 aliphatic rings. The molecule has 6 N–H and O–H groups in total. The maximum Gasteiger partial charge on any atom is 0.231 e. The normalized spacial score (nSPS) is 11.6. The summed E-state index contributed by atoms with van der Waals surface area (Å²) in [6, 6.07) is 0. The fourth-order valence-electron chi connectivity index (χ4n) is 1.46. The number of rotatable bonds is 4. The quantitative estimate of drug-likeness (QED) is 0.208. The van der Waals surface area contributed by atoms with Gasteiger partial charge >= 0.3 is 0 Å². The van der Waals surface area contributed by atoms with Gasteiger partial charge in [-0.25, -0.2) is 4.98 Å². The fraction of sp³-hybridized carbons (Fsp3) is 0.182. The van der Waals surface area contributed by atoms with Crippen LogP contribution in [0.2, 0.25) is 0 Å². The van der Waals surface area contributed by atoms with Gasteiger partial charge in [-0.05, 0) is 0 Å². The zero-order valence-electron chi connectivity index (χ0n) is 11.6. The zero-order chi connectivity index (χ0) is 15.9. The number of hydrogen-bond acceptors (Lipinski definition) is 6. The largest absolute Gasteiger partial charge is 0.370 e. The van der Waals surface area contributed by atoms with Crippen LogP contribution in [0, 0.1) is 11.5 Å². The molecule has 1 atom stereocenters. The van der Waals surface area contributed by atoms with Crippen molar-refractivity contribution in [1.29, 1.82) is 5.26 Å². The van der Waals surface area contributed by atoms with Crippen LogP contribution >= 0.6 is 21.8 Å². The highest BCUT2D eigenvalue weighted by Gasteiger charge is 2.14. The van der Waals surface area contributed by atoms with Gasteiger partial charge in [0.15, 0.2) is 17.5 Å². The third-order valence-electron chi connectivity index (χ3n) is 2.37. The van der Waals surface area contributed by atoms with Crippen molar-refractivity contribution in [2.75, 3.05) is 7.05 Å². The Hall–Kier alpha value is -2.71. The van der Waals surface area contributed by atoms with Gasteiger partial charge in [0.05, 0.1) is 0 Å². The first-order valence-corrected chi connectivity index (χ1v) is 8.38. The lowest BCUT2D eigenvalue weighted by molar-refractivity contribution is 0.970. The molecule has 0 spiro atoms. The molecule has 0 aliphatic carbocycles. The molecule has 0 saturated carbocycles. The first-order valence-electron chi connectivity index (χ1n) is 5.98. The molecule has 2 heterocycles. The van der Waals surface area contributed by atoms with E-state index in [9.17, 15) is 0 Å². The molecule has 2 aromatic heterocycles. The molecule has 0 fully saturated rings. The number of hydrogen-bond donors (Lipinski definition) is 4. The van der Waals surface area contributed by atoms with Gasteiger partial charge < -0.3 is 16.8 Å². The summed E-state index contributed by atoms with van der Waals surface area (Å²) in [4.78, 5) is 16.5. The van der Waals surface area contributed by atoms with Crippen molar-refractivity contribution in [2.45, 2.75) is 5.88 Å². The highest BCUT2D eigenvalue weighted by Crippen LogP contribution is 2.29. The van der Waals surface area contributed by atoms with Crippen molar-refractivity contribution >= 4 is 38.9 Å². The minimum atomic E-state index is -0.201. The lowest BCUT2D eigenvalue weighted by Gasteiger charge is -2.00. The van der Waals surface area contributed by atoms with Crippen LogP contribution in [0.4, 0.5) is 5.13 Å². The molecule has 0 aromatic carbocycles. The summed E-state index contributed by atoms with van der Waals surface area (Å²) in [5.41, 5.74) is 14.0. The molecule has 1 unspecified atom stereocenters. The predicted octanol–water partition coefficient (Wildman–Crippen LogP) is 0.463. The number of nitrogens with two attached hydrogens (primary N) is 2. The smallest absolute Gasteiger partial charge is 0.231 e. The Morgan fingerprint density at radius 1 is 1.50 bits per heavy atom. The summed E-state index contributed by atoms with van der Waals surface area (Å²) >= 11 is 1.34. The van der Waals surface area contributed by atoms with Crippen LogP contribution in [-0.4, -0.2) is 28.9 Å². The summed E-state index contributed by atoms with van der Waals surface area (Å²) in [5.74, 6) is 0.998. The van der Waals surface area contributed by atoms with Crippen LogP contribution in [0.5, 0.6) is 0 Å². The van der Waals surface area contributed by atoms with Crippen LogP contribution in [0.1, 0.15) is 0 Å². The Morgan fingerprint density at radius 3 is 3.00 bits per heavy atom. The topological polar surface area (TPSA) is 150 Å². The molecule has 0 saturated heterocycles. The Bertz CT molecular complexity index is 733. The molecule has 114 valence electrons. The lowest BCUT2D eigenvalue weighted by Crippen LogP contribution is -2.32. The Labute approximate surface area is 133 Å². The zero-order valence-corrected chi connectivity index (χ0v) is 13.3. The van der Waals surface area contributed by atoms with Gasteiger partial charge in [-0.15, -0.1) is 11.3 Å². The highest BCUT2D eigenvalue weighted by molar-refractivity contribution is 7.27. The van der Waals surface area contributed by atoms with Crippen LogP contribution < -0.4 is 22.1 Å². The van der Waals surface area contributed by atoms with Gasteiger partial charge in [0, 0.05) is 22.9 Å². The summed E-state index contributed by atoms with van der Waals surface area (Å²) in [5, 5.41) is 18.4. The SMILES string of the molecule is CN=C(NC#N)NC[s+]1cnc(-c2csc(N=C(N)N)n2)c1. The van der Waals surface area contributed by atoms with Gasteiger partial charge in [0.25, 0.3) is 0 Å². The molecule has 0 bridgehead atoms. The van der Waals surface area contributed by atoms with Crippen molar-refractivity contribution in [3.05, 3.63) is 16.3 Å². The number of nitriles is 1. The Kier molecular flexibility index (Phi) is 5.23. The number of guanidine groups is 2. The Morgan fingerprint density at radius 2 is 2.32 bits per heavy atom. The van der Waals surface area contributed by atoms with E-state index in [1.165, 1.54) is 11.3 Å². The molecule has 11 heteroatoms. The molecule has 9 nitrogen and oxygen atoms in total. The van der Waals surface area contributed by atoms with Crippen molar-refractivity contribution in [2.24, 2.45) is 21.5 Å². The minimum Gasteiger partial charge on any atom is -0.370 e. The van der Waals surface area contributed by atoms with Crippen LogP contribution in [0.3, 0.4) is 0 Å². The third kappa shape index (κ3) is 4.14. The first kappa shape index (κ1) is 15.7. The molecular formula is C11H14N9S2+. The van der Waals surface area contributed by atoms with E-state index >= 15 is 0 Å². The van der Waals surface area contributed by atoms with Crippen molar-refractivity contribution in [1.82, 2.24) is 20.6 Å². The van der Waals surface area contributed by atoms with Gasteiger partial charge in [0.1, 0.15) is 11.4 Å². The number of thiazole rings is 2. The van der Waals surface area contributed by atoms with Gasteiger partial charge in [-0.2, -0.15) is 15.2 Å². The predicted molar refractivity (Wildman–Crippen MR) is 88.5 cm³/mol. The van der Waals surface area contributed by atoms with E-state index in [0.29, 0.717) is 17.0 Å². The molecule has 0 aliphatic heterocycles. The summed E-state index contributed by atoms with van der Waals surface area (Å²) in [6.45, 7) is 0. The average Bonchev–Trinajstić information content (AvgIpc) is 3.11. The third-order valence-corrected chi connectivity index (χ3v) is 4.49. The van der Waals surface area contributed by atoms with E-state index < -0.39 is 0 Å². The van der Waals surface area contributed by atoms with Crippen LogP contribution in [0.25, 0.3) is 11.4 Å². The molecule has 2 aromatic rings. The minimum absolute atomic E-state index is 0.0230. The standard InChI is InChI=1S/C11H14N9S2/c1-15-10(16-4-12)18-6-22-3-8(17-5-22)7-2-21-11(19-7)20-9(13)14/h2-3,5H,6H2,1H3,(H2,15,16,18)(H4,13,14,19,20)/q+1. The monoisotopic (exact) mass is 336 g/mol. The summed E-state index contributed by atoms with van der Waals surface area (Å²) in [7, 11) is 1.40. The van der Waals surface area contributed by atoms with Crippen molar-refractivity contribution in [3.63, 3.8) is 0 Å². The molecule has 0 radical (unpaired) electrons. The Balaban J connectivity index is 2.04. The molecule has 0 amide bonds. The number of aromatic nitrogens is 2. The molecule has 2 rings (SSSR count). The lowest BCUT2D eigenvalue weighted by atomic mass is 10.4. The number of nitrogens with one attached hydrogen (secondary N) is 2. The fourth-order valence-corrected chi connectivity index (χ4v) is 3.40. The average molecular weight is 336 g/mol. The summed E-state index contributed by atoms with van der Waals surface area (Å²) in [6.07, 6.45) is 1.82. The second-order valence-electron chi connectivity index (χ2n) is 3.89. The van der Waals surface area contributed by atoms with Crippen LogP contribution in [-0.2, 0) is 5.88 Å². The second-order valence-corrected chi connectivity index (χ2v) is 6.40. The number of aliphatic imine (C=N–C) groups is 2. The van der Waals surface area contributed by atoms with Gasteiger partial charge in [-0.1, -0.05) is 0 Å². The van der Waals surface area contributed by atoms with E-state index in [-0.39, 0.29) is 16.4 Å². The van der Waals surface area contributed by atoms with E-state index in [0.717, 1.165) is 11.4 Å². The van der Waals surface area contributed by atoms with Crippen molar-refractivity contribution in [3.8, 4) is 17.6 Å². The molecule has 22 heavy (non-hydrogen) atoms. The van der Waals surface area contributed by atoms with Gasteiger partial charge in [0.2, 0.25) is 22.5 Å². The molecular weight excluding hydrogens is 322 g/mol. The van der Waals surface area contributed by atoms with Gasteiger partial charge in [-0.3, -0.25) is 10.3 Å². The van der Waals surface area contributed by atoms with E-state index in [1.54, 1.807) is 7.05 Å². The summed E-state index contributed by atoms with van der Waals surface area (Å²) < 4.78 is 0. The van der Waals surface area contributed by atoms with E-state index in [2.05, 4.69) is 30.6 Å². The maximum atomic E-state index is 8.56. The maximum absolute atomic E-state index is 8.56. The van der Waals surface area contributed by atoms with E-state index in [4.69, 9.17) is 16.7 Å². The van der Waals surface area contributed by atoms with Crippen molar-refractivity contribution < 1.29 is 0 Å². The number of nitrogens with zero attached hydrogens (tertiary/aromatic N) is 5. The first-order chi connectivity index (χ1) is 10.6. The second kappa shape index (κ2) is 7.34. The van der Waals surface area contributed by atoms with E-state index in [1.807, 2.05) is 22.5 Å². The highest BCUT2D eigenvalue weighted by atomic mass is 32.2. The van der Waals surface area contributed by atoms with Crippen LogP contribution in [0.15, 0.2) is 26.3 Å².